The van der Waals surface area contributed by atoms with Crippen molar-refractivity contribution >= 4 is 21.7 Å². The number of hydrogen-bond acceptors (Lipinski definition) is 1. The van der Waals surface area contributed by atoms with Gasteiger partial charge in [-0.3, -0.25) is 0 Å². The quantitative estimate of drug-likeness (QED) is 0.415. The Balaban J connectivity index is 0. The SMILES string of the molecule is CC(C)(C)[O-].[CH3][Mg+]. The Morgan fingerprint density at radius 3 is 1.14 bits per heavy atom. The van der Waals surface area contributed by atoms with Gasteiger partial charge in [0.15, 0.2) is 0 Å². The molecule has 7 heavy (non-hydrogen) atoms. The van der Waals surface area contributed by atoms with Crippen molar-refractivity contribution in [2.45, 2.75) is 31.4 Å². The van der Waals surface area contributed by atoms with E-state index in [2.05, 4.69) is 0 Å². The van der Waals surface area contributed by atoms with Crippen molar-refractivity contribution in [1.82, 2.24) is 0 Å². The first-order chi connectivity index (χ1) is 3.00. The van der Waals surface area contributed by atoms with Gasteiger partial charge < -0.3 is 5.11 Å². The molecule has 2 heteroatoms. The summed E-state index contributed by atoms with van der Waals surface area (Å²) < 4.78 is 0. The molecule has 0 unspecified atom stereocenters. The van der Waals surface area contributed by atoms with E-state index in [1.54, 1.807) is 20.8 Å². The molecule has 0 bridgehead atoms. The Labute approximate surface area is 58.6 Å². The third-order valence-corrected chi connectivity index (χ3v) is 0. The molecule has 0 aromatic rings. The van der Waals surface area contributed by atoms with Gasteiger partial charge >= 0.3 is 26.8 Å². The molecule has 0 rings (SSSR count). The van der Waals surface area contributed by atoms with E-state index in [1.807, 2.05) is 26.8 Å². The van der Waals surface area contributed by atoms with Crippen LogP contribution in [0.2, 0.25) is 5.05 Å². The molecular formula is C5H12MgO. The van der Waals surface area contributed by atoms with Crippen molar-refractivity contribution in [3.05, 3.63) is 0 Å². The van der Waals surface area contributed by atoms with Crippen LogP contribution in [0.15, 0.2) is 0 Å². The third-order valence-electron chi connectivity index (χ3n) is 0. The topological polar surface area (TPSA) is 23.1 Å². The van der Waals surface area contributed by atoms with Gasteiger partial charge in [-0.05, 0) is 0 Å². The summed E-state index contributed by atoms with van der Waals surface area (Å²) in [4.78, 5) is 0. The van der Waals surface area contributed by atoms with E-state index in [1.165, 1.54) is 0 Å². The molecule has 0 heterocycles. The van der Waals surface area contributed by atoms with Crippen LogP contribution < -0.4 is 5.11 Å². The molecule has 0 aliphatic heterocycles. The summed E-state index contributed by atoms with van der Waals surface area (Å²) in [5, 5.41) is 12.1. The molecule has 40 valence electrons. The Kier molecular flexibility index (Phi) is 7.42. The zero-order valence-corrected chi connectivity index (χ0v) is 7.03. The first-order valence-electron chi connectivity index (χ1n) is 2.41. The van der Waals surface area contributed by atoms with Gasteiger partial charge in [-0.1, -0.05) is 20.8 Å². The van der Waals surface area contributed by atoms with E-state index >= 15 is 0 Å². The van der Waals surface area contributed by atoms with Crippen LogP contribution in [-0.4, -0.2) is 27.3 Å². The fraction of sp³-hybridized carbons (Fsp3) is 1.00. The first-order valence-corrected chi connectivity index (χ1v) is 3.83. The van der Waals surface area contributed by atoms with Gasteiger partial charge in [-0.15, -0.1) is 5.60 Å². The van der Waals surface area contributed by atoms with Crippen LogP contribution in [0.25, 0.3) is 0 Å². The minimum atomic E-state index is -0.750. The maximum absolute atomic E-state index is 10.1. The van der Waals surface area contributed by atoms with Crippen molar-refractivity contribution in [2.24, 2.45) is 0 Å². The molecule has 0 fully saturated rings. The molecule has 1 nitrogen and oxygen atoms in total. The first kappa shape index (κ1) is 10.7. The summed E-state index contributed by atoms with van der Waals surface area (Å²) in [6.45, 7) is 4.90. The molecule has 0 saturated carbocycles. The minimum absolute atomic E-state index is 0.750. The van der Waals surface area contributed by atoms with Gasteiger partial charge in [-0.2, -0.15) is 0 Å². The molecule has 0 aromatic carbocycles. The summed E-state index contributed by atoms with van der Waals surface area (Å²) in [6.07, 6.45) is 0. The van der Waals surface area contributed by atoms with Crippen LogP contribution in [-0.2, 0) is 0 Å². The Bertz CT molecular complexity index is 23.6. The molecule has 0 radical (unpaired) electrons. The van der Waals surface area contributed by atoms with Gasteiger partial charge in [0.1, 0.15) is 0 Å². The average Bonchev–Trinajstić information content (AvgIpc) is 1.36. The Morgan fingerprint density at radius 1 is 1.14 bits per heavy atom. The molecular weight excluding hydrogens is 100 g/mol. The molecule has 0 spiro atoms. The maximum atomic E-state index is 10.1. The van der Waals surface area contributed by atoms with Gasteiger partial charge in [0.25, 0.3) is 0 Å². The van der Waals surface area contributed by atoms with Crippen LogP contribution in [0, 0.1) is 0 Å². The predicted octanol–water partition coefficient (Wildman–Crippen LogP) is 0.348. The second-order valence-corrected chi connectivity index (χ2v) is 2.11. The fourth-order valence-electron chi connectivity index (χ4n) is 0. The summed E-state index contributed by atoms with van der Waals surface area (Å²) in [7, 11) is 0. The van der Waals surface area contributed by atoms with Crippen molar-refractivity contribution in [2.75, 3.05) is 0 Å². The second-order valence-electron chi connectivity index (χ2n) is 2.11. The summed E-state index contributed by atoms with van der Waals surface area (Å²) in [5.41, 5.74) is -0.750. The van der Waals surface area contributed by atoms with Crippen LogP contribution in [0.3, 0.4) is 0 Å². The molecule has 0 N–H and O–H groups in total. The van der Waals surface area contributed by atoms with E-state index in [9.17, 15) is 5.11 Å². The van der Waals surface area contributed by atoms with E-state index < -0.39 is 5.60 Å². The van der Waals surface area contributed by atoms with Crippen molar-refractivity contribution in [1.29, 1.82) is 0 Å². The van der Waals surface area contributed by atoms with Gasteiger partial charge in [0.2, 0.25) is 0 Å². The van der Waals surface area contributed by atoms with Crippen molar-refractivity contribution in [3.63, 3.8) is 0 Å². The van der Waals surface area contributed by atoms with Crippen molar-refractivity contribution < 1.29 is 5.11 Å². The van der Waals surface area contributed by atoms with Crippen LogP contribution in [0.1, 0.15) is 20.8 Å². The standard InChI is InChI=1S/C4H9O.CH3.Mg/c1-4(2,3)5;;/h1-3H3;1H3;/q-1;;+1. The molecule has 0 atom stereocenters. The predicted molar refractivity (Wildman–Crippen MR) is 31.4 cm³/mol. The zero-order chi connectivity index (χ0) is 6.50. The zero-order valence-electron chi connectivity index (χ0n) is 5.62. The summed E-state index contributed by atoms with van der Waals surface area (Å²) in [5.74, 6) is 0. The molecule has 0 aliphatic rings. The summed E-state index contributed by atoms with van der Waals surface area (Å²) >= 11 is 1.86. The van der Waals surface area contributed by atoms with E-state index in [-0.39, 0.29) is 0 Å². The Hall–Kier alpha value is 0.726. The van der Waals surface area contributed by atoms with E-state index in [4.69, 9.17) is 0 Å². The van der Waals surface area contributed by atoms with Crippen LogP contribution in [0.5, 0.6) is 0 Å². The fourth-order valence-corrected chi connectivity index (χ4v) is 0. The number of rotatable bonds is 0. The number of hydrogen-bond donors (Lipinski definition) is 0. The molecule has 0 aromatic heterocycles. The molecule has 0 saturated heterocycles. The molecule has 0 amide bonds. The monoisotopic (exact) mass is 112 g/mol. The van der Waals surface area contributed by atoms with E-state index in [0.29, 0.717) is 0 Å². The summed E-state index contributed by atoms with van der Waals surface area (Å²) in [6, 6.07) is 0. The average molecular weight is 112 g/mol. The van der Waals surface area contributed by atoms with Gasteiger partial charge in [-0.25, -0.2) is 0 Å². The van der Waals surface area contributed by atoms with E-state index in [0.717, 1.165) is 0 Å². The Morgan fingerprint density at radius 2 is 1.14 bits per heavy atom. The molecule has 0 aliphatic carbocycles. The van der Waals surface area contributed by atoms with Crippen LogP contribution in [0.4, 0.5) is 0 Å². The third kappa shape index (κ3) is 285. The second kappa shape index (κ2) is 4.87. The van der Waals surface area contributed by atoms with Gasteiger partial charge in [0, 0.05) is 0 Å². The van der Waals surface area contributed by atoms with Crippen LogP contribution >= 0.6 is 0 Å². The van der Waals surface area contributed by atoms with Gasteiger partial charge in [0.05, 0.1) is 0 Å². The van der Waals surface area contributed by atoms with Crippen molar-refractivity contribution in [3.8, 4) is 0 Å². The normalized spacial score (nSPS) is 9.57.